The summed E-state index contributed by atoms with van der Waals surface area (Å²) in [6.07, 6.45) is 3.79. The predicted octanol–water partition coefficient (Wildman–Crippen LogP) is 2.36. The highest BCUT2D eigenvalue weighted by molar-refractivity contribution is 5.07. The molecule has 0 saturated carbocycles. The van der Waals surface area contributed by atoms with Gasteiger partial charge in [0.15, 0.2) is 0 Å². The molecular weight excluding hydrogens is 117 g/mol. The molecule has 0 aliphatic heterocycles. The Kier molecular flexibility index (Phi) is 12.6. The van der Waals surface area contributed by atoms with Gasteiger partial charge >= 0.3 is 0 Å². The molecule has 2 N–H and O–H groups in total. The summed E-state index contributed by atoms with van der Waals surface area (Å²) in [5, 5.41) is 0. The molecule has 0 unspecified atom stereocenters. The maximum absolute atomic E-state index is 11.8. The summed E-state index contributed by atoms with van der Waals surface area (Å²) in [5.41, 5.74) is 4.77. The molecule has 0 amide bonds. The van der Waals surface area contributed by atoms with Crippen molar-refractivity contribution in [2.24, 2.45) is 5.73 Å². The third-order valence-corrected chi connectivity index (χ3v) is 0.485. The highest BCUT2D eigenvalue weighted by atomic mass is 19.1. The lowest BCUT2D eigenvalue weighted by Gasteiger charge is -1.76. The third-order valence-electron chi connectivity index (χ3n) is 0.485. The van der Waals surface area contributed by atoms with Crippen molar-refractivity contribution in [2.75, 3.05) is 0 Å². The van der Waals surface area contributed by atoms with Crippen molar-refractivity contribution in [3.63, 3.8) is 0 Å². The van der Waals surface area contributed by atoms with Crippen LogP contribution < -0.4 is 5.73 Å². The molecule has 0 aliphatic carbocycles. The van der Waals surface area contributed by atoms with Crippen LogP contribution in [0.25, 0.3) is 0 Å². The van der Waals surface area contributed by atoms with E-state index in [9.17, 15) is 4.39 Å². The molecule has 0 spiro atoms. The summed E-state index contributed by atoms with van der Waals surface area (Å²) in [4.78, 5) is 0. The van der Waals surface area contributed by atoms with E-state index in [-0.39, 0.29) is 0 Å². The van der Waals surface area contributed by atoms with Crippen LogP contribution in [0, 0.1) is 0 Å². The second kappa shape index (κ2) is 10.2. The Morgan fingerprint density at radius 1 is 1.44 bits per heavy atom. The summed E-state index contributed by atoms with van der Waals surface area (Å²) >= 11 is 0. The van der Waals surface area contributed by atoms with Crippen molar-refractivity contribution < 1.29 is 4.39 Å². The smallest absolute Gasteiger partial charge is 0.138 e. The average Bonchev–Trinajstić information content (AvgIpc) is 1.93. The van der Waals surface area contributed by atoms with Gasteiger partial charge in [0.25, 0.3) is 0 Å². The molecule has 0 atom stereocenters. The summed E-state index contributed by atoms with van der Waals surface area (Å²) in [5.74, 6) is -0.400. The van der Waals surface area contributed by atoms with Gasteiger partial charge < -0.3 is 5.73 Å². The molecule has 0 bridgehead atoms. The molecule has 0 heterocycles. The summed E-state index contributed by atoms with van der Waals surface area (Å²) in [7, 11) is 0. The van der Waals surface area contributed by atoms with E-state index < -0.39 is 5.83 Å². The molecular formula is C7H14FN. The zero-order chi connectivity index (χ0) is 7.70. The molecule has 0 radical (unpaired) electrons. The Balaban J connectivity index is 0. The van der Waals surface area contributed by atoms with Crippen LogP contribution in [0.4, 0.5) is 4.39 Å². The standard InChI is InChI=1S/C5H8FN.C2H6/c1-2-3-5(6)4-7;1-2/h2-4H,7H2,1H3;1-2H3/b3-2-,5-4+;. The van der Waals surface area contributed by atoms with E-state index in [4.69, 9.17) is 5.73 Å². The number of allylic oxidation sites excluding steroid dienone is 3. The molecule has 0 saturated heterocycles. The van der Waals surface area contributed by atoms with Crippen molar-refractivity contribution in [3.8, 4) is 0 Å². The molecule has 0 rings (SSSR count). The second-order valence-electron chi connectivity index (χ2n) is 1.05. The highest BCUT2D eigenvalue weighted by Crippen LogP contribution is 1.92. The Hall–Kier alpha value is -0.790. The SMILES string of the molecule is C/C=C\C(F)=C/N.CC. The Morgan fingerprint density at radius 3 is 2.00 bits per heavy atom. The van der Waals surface area contributed by atoms with Gasteiger partial charge in [-0.25, -0.2) is 4.39 Å². The first-order chi connectivity index (χ1) is 4.31. The Bertz CT molecular complexity index is 95.1. The fraction of sp³-hybridized carbons (Fsp3) is 0.429. The van der Waals surface area contributed by atoms with Crippen molar-refractivity contribution in [1.29, 1.82) is 0 Å². The van der Waals surface area contributed by atoms with Gasteiger partial charge in [-0.15, -0.1) is 0 Å². The summed E-state index contributed by atoms with van der Waals surface area (Å²) in [6, 6.07) is 0. The van der Waals surface area contributed by atoms with Crippen LogP contribution in [0.5, 0.6) is 0 Å². The van der Waals surface area contributed by atoms with Gasteiger partial charge in [0.2, 0.25) is 0 Å². The van der Waals surface area contributed by atoms with E-state index in [1.807, 2.05) is 13.8 Å². The monoisotopic (exact) mass is 131 g/mol. The van der Waals surface area contributed by atoms with Crippen LogP contribution in [0.2, 0.25) is 0 Å². The van der Waals surface area contributed by atoms with Gasteiger partial charge in [-0.05, 0) is 13.0 Å². The lowest BCUT2D eigenvalue weighted by atomic mass is 10.5. The quantitative estimate of drug-likeness (QED) is 0.543. The fourth-order valence-electron chi connectivity index (χ4n) is 0.215. The zero-order valence-electron chi connectivity index (χ0n) is 6.19. The summed E-state index contributed by atoms with van der Waals surface area (Å²) in [6.45, 7) is 5.73. The van der Waals surface area contributed by atoms with Crippen molar-refractivity contribution >= 4 is 0 Å². The molecule has 1 nitrogen and oxygen atoms in total. The molecule has 0 fully saturated rings. The van der Waals surface area contributed by atoms with E-state index in [0.717, 1.165) is 6.20 Å². The molecule has 54 valence electrons. The van der Waals surface area contributed by atoms with Gasteiger partial charge in [0.1, 0.15) is 5.83 Å². The first-order valence-electron chi connectivity index (χ1n) is 3.01. The van der Waals surface area contributed by atoms with Crippen LogP contribution in [-0.4, -0.2) is 0 Å². The first-order valence-corrected chi connectivity index (χ1v) is 3.01. The maximum Gasteiger partial charge on any atom is 0.138 e. The van der Waals surface area contributed by atoms with Crippen molar-refractivity contribution in [1.82, 2.24) is 0 Å². The zero-order valence-corrected chi connectivity index (χ0v) is 6.19. The van der Waals surface area contributed by atoms with Crippen LogP contribution in [0.1, 0.15) is 20.8 Å². The molecule has 0 aromatic rings. The van der Waals surface area contributed by atoms with E-state index in [2.05, 4.69) is 0 Å². The third kappa shape index (κ3) is 11.0. The van der Waals surface area contributed by atoms with Crippen LogP contribution in [0.3, 0.4) is 0 Å². The van der Waals surface area contributed by atoms with E-state index in [1.165, 1.54) is 6.08 Å². The minimum atomic E-state index is -0.400. The van der Waals surface area contributed by atoms with Crippen molar-refractivity contribution in [3.05, 3.63) is 24.2 Å². The Labute approximate surface area is 56.1 Å². The van der Waals surface area contributed by atoms with Gasteiger partial charge in [-0.3, -0.25) is 0 Å². The number of halogens is 1. The molecule has 0 aliphatic rings. The van der Waals surface area contributed by atoms with E-state index in [1.54, 1.807) is 13.0 Å². The lowest BCUT2D eigenvalue weighted by Crippen LogP contribution is -1.77. The molecule has 9 heavy (non-hydrogen) atoms. The van der Waals surface area contributed by atoms with E-state index in [0.29, 0.717) is 0 Å². The molecule has 0 aromatic heterocycles. The van der Waals surface area contributed by atoms with Crippen LogP contribution in [-0.2, 0) is 0 Å². The van der Waals surface area contributed by atoms with Crippen LogP contribution >= 0.6 is 0 Å². The minimum absolute atomic E-state index is 0.400. The number of nitrogens with two attached hydrogens (primary N) is 1. The normalized spacial score (nSPS) is 10.9. The molecule has 2 heteroatoms. The number of rotatable bonds is 1. The predicted molar refractivity (Wildman–Crippen MR) is 39.5 cm³/mol. The number of hydrogen-bond donors (Lipinski definition) is 1. The fourth-order valence-corrected chi connectivity index (χ4v) is 0.215. The van der Waals surface area contributed by atoms with Gasteiger partial charge in [-0.1, -0.05) is 19.9 Å². The highest BCUT2D eigenvalue weighted by Gasteiger charge is 1.76. The second-order valence-corrected chi connectivity index (χ2v) is 1.05. The van der Waals surface area contributed by atoms with Crippen LogP contribution in [0.15, 0.2) is 24.2 Å². The largest absolute Gasteiger partial charge is 0.402 e. The van der Waals surface area contributed by atoms with Gasteiger partial charge in [0, 0.05) is 6.20 Å². The lowest BCUT2D eigenvalue weighted by molar-refractivity contribution is 0.663. The first kappa shape index (κ1) is 11.1. The van der Waals surface area contributed by atoms with Gasteiger partial charge in [0.05, 0.1) is 0 Å². The van der Waals surface area contributed by atoms with Crippen molar-refractivity contribution in [2.45, 2.75) is 20.8 Å². The maximum atomic E-state index is 11.8. The summed E-state index contributed by atoms with van der Waals surface area (Å²) < 4.78 is 11.8. The molecule has 0 aromatic carbocycles. The number of hydrogen-bond acceptors (Lipinski definition) is 1. The minimum Gasteiger partial charge on any atom is -0.402 e. The Morgan fingerprint density at radius 2 is 1.89 bits per heavy atom. The average molecular weight is 131 g/mol. The van der Waals surface area contributed by atoms with Gasteiger partial charge in [-0.2, -0.15) is 0 Å². The topological polar surface area (TPSA) is 26.0 Å². The van der Waals surface area contributed by atoms with E-state index >= 15 is 0 Å².